The lowest BCUT2D eigenvalue weighted by Gasteiger charge is -2.26. The summed E-state index contributed by atoms with van der Waals surface area (Å²) >= 11 is 0. The Kier molecular flexibility index (Phi) is 4.08. The standard InChI is InChI=1S/C25H24N8O/c1-14-10-20(32-34-14)25(13-26)17-7-9-33(12-18(17)25)21-11-28-23-22(30-31-24(23)29-21)16-6-8-27-19-5-3-2-4-15(16)19/h2-6,8,10-11,17-18H,7,9,12-13,26H2,1H3,(H,29,30,31). The summed E-state index contributed by atoms with van der Waals surface area (Å²) in [5.41, 5.74) is 11.3. The van der Waals surface area contributed by atoms with Crippen molar-refractivity contribution in [3.8, 4) is 11.3 Å². The van der Waals surface area contributed by atoms with Gasteiger partial charge in [-0.3, -0.25) is 10.1 Å². The van der Waals surface area contributed by atoms with E-state index in [1.807, 2.05) is 43.5 Å². The van der Waals surface area contributed by atoms with E-state index in [-0.39, 0.29) is 5.41 Å². The average molecular weight is 453 g/mol. The van der Waals surface area contributed by atoms with Crippen LogP contribution in [0.15, 0.2) is 53.3 Å². The molecule has 4 aromatic heterocycles. The topological polar surface area (TPSA) is 123 Å². The summed E-state index contributed by atoms with van der Waals surface area (Å²) in [6, 6.07) is 12.1. The maximum absolute atomic E-state index is 6.28. The molecule has 1 saturated carbocycles. The number of fused-ring (bicyclic) bond motifs is 3. The van der Waals surface area contributed by atoms with Gasteiger partial charge in [0.05, 0.1) is 17.4 Å². The number of hydrogen-bond acceptors (Lipinski definition) is 8. The molecule has 3 N–H and O–H groups in total. The van der Waals surface area contributed by atoms with Crippen molar-refractivity contribution in [2.24, 2.45) is 17.6 Å². The van der Waals surface area contributed by atoms with Crippen molar-refractivity contribution in [2.45, 2.75) is 18.8 Å². The Labute approximate surface area is 195 Å². The van der Waals surface area contributed by atoms with Crippen LogP contribution >= 0.6 is 0 Å². The van der Waals surface area contributed by atoms with Crippen LogP contribution in [0.5, 0.6) is 0 Å². The number of hydrogen-bond donors (Lipinski definition) is 2. The Morgan fingerprint density at radius 2 is 2.12 bits per heavy atom. The summed E-state index contributed by atoms with van der Waals surface area (Å²) in [6.45, 7) is 4.30. The number of rotatable bonds is 4. The summed E-state index contributed by atoms with van der Waals surface area (Å²) in [7, 11) is 0. The van der Waals surface area contributed by atoms with Crippen LogP contribution in [0.3, 0.4) is 0 Å². The van der Waals surface area contributed by atoms with Crippen molar-refractivity contribution in [3.63, 3.8) is 0 Å². The number of nitrogens with two attached hydrogens (primary N) is 1. The van der Waals surface area contributed by atoms with Gasteiger partial charge in [-0.2, -0.15) is 5.10 Å². The highest BCUT2D eigenvalue weighted by Gasteiger charge is 2.67. The van der Waals surface area contributed by atoms with Gasteiger partial charge in [-0.25, -0.2) is 9.97 Å². The molecule has 0 radical (unpaired) electrons. The zero-order valence-corrected chi connectivity index (χ0v) is 18.8. The van der Waals surface area contributed by atoms with Crippen LogP contribution in [0.1, 0.15) is 17.9 Å². The molecule has 1 aromatic carbocycles. The number of nitrogens with one attached hydrogen (secondary N) is 1. The lowest BCUT2D eigenvalue weighted by molar-refractivity contribution is 0.379. The number of H-pyrrole nitrogens is 1. The molecular formula is C25H24N8O. The van der Waals surface area contributed by atoms with Crippen LogP contribution in [-0.2, 0) is 5.41 Å². The number of aromatic nitrogens is 6. The highest BCUT2D eigenvalue weighted by atomic mass is 16.5. The van der Waals surface area contributed by atoms with Crippen molar-refractivity contribution in [3.05, 3.63) is 60.2 Å². The number of nitrogens with zero attached hydrogens (tertiary/aromatic N) is 6. The van der Waals surface area contributed by atoms with E-state index < -0.39 is 0 Å². The number of anilines is 1. The highest BCUT2D eigenvalue weighted by Crippen LogP contribution is 2.62. The van der Waals surface area contributed by atoms with E-state index in [1.54, 1.807) is 6.20 Å². The maximum Gasteiger partial charge on any atom is 0.177 e. The number of para-hydroxylation sites is 1. The van der Waals surface area contributed by atoms with Crippen LogP contribution in [-0.4, -0.2) is 49.9 Å². The van der Waals surface area contributed by atoms with Crippen molar-refractivity contribution in [2.75, 3.05) is 24.5 Å². The summed E-state index contributed by atoms with van der Waals surface area (Å²) in [5.74, 6) is 2.66. The van der Waals surface area contributed by atoms with Crippen molar-refractivity contribution in [1.29, 1.82) is 0 Å². The van der Waals surface area contributed by atoms with Gasteiger partial charge in [0, 0.05) is 48.3 Å². The fourth-order valence-corrected chi connectivity index (χ4v) is 5.99. The van der Waals surface area contributed by atoms with Gasteiger partial charge in [-0.1, -0.05) is 23.4 Å². The molecule has 0 amide bonds. The SMILES string of the molecule is Cc1cc(C2(CN)C3CCN(c4cnc5c(-c6ccnc7ccccc67)n[nH]c5n4)CC32)no1. The molecule has 0 bridgehead atoms. The first-order chi connectivity index (χ1) is 16.7. The Morgan fingerprint density at radius 3 is 2.97 bits per heavy atom. The van der Waals surface area contributed by atoms with Gasteiger partial charge in [0.1, 0.15) is 22.8 Å². The van der Waals surface area contributed by atoms with Crippen molar-refractivity contribution >= 4 is 27.9 Å². The first-order valence-corrected chi connectivity index (χ1v) is 11.6. The van der Waals surface area contributed by atoms with E-state index in [2.05, 4.69) is 31.3 Å². The minimum absolute atomic E-state index is 0.0897. The molecule has 2 aliphatic rings. The van der Waals surface area contributed by atoms with Crippen LogP contribution in [0, 0.1) is 18.8 Å². The molecule has 1 aliphatic heterocycles. The summed E-state index contributed by atoms with van der Waals surface area (Å²) in [5, 5.41) is 13.0. The lowest BCUT2D eigenvalue weighted by Crippen LogP contribution is -2.32. The number of benzene rings is 1. The predicted molar refractivity (Wildman–Crippen MR) is 128 cm³/mol. The van der Waals surface area contributed by atoms with Crippen LogP contribution < -0.4 is 10.6 Å². The van der Waals surface area contributed by atoms with Crippen LogP contribution in [0.25, 0.3) is 33.3 Å². The molecule has 1 aliphatic carbocycles. The van der Waals surface area contributed by atoms with Gasteiger partial charge in [0.25, 0.3) is 0 Å². The molecule has 9 nitrogen and oxygen atoms in total. The van der Waals surface area contributed by atoms with Gasteiger partial charge in [-0.05, 0) is 37.3 Å². The monoisotopic (exact) mass is 452 g/mol. The molecule has 34 heavy (non-hydrogen) atoms. The third-order valence-corrected chi connectivity index (χ3v) is 7.76. The fraction of sp³-hybridized carbons (Fsp3) is 0.320. The Balaban J connectivity index is 1.20. The van der Waals surface area contributed by atoms with E-state index in [0.717, 1.165) is 64.5 Å². The van der Waals surface area contributed by atoms with E-state index in [1.165, 1.54) is 0 Å². The molecule has 2 fully saturated rings. The molecule has 3 atom stereocenters. The van der Waals surface area contributed by atoms with Crippen molar-refractivity contribution in [1.82, 2.24) is 30.3 Å². The average Bonchev–Trinajstić information content (AvgIpc) is 3.12. The normalized spacial score (nSPS) is 24.0. The van der Waals surface area contributed by atoms with Crippen molar-refractivity contribution < 1.29 is 4.52 Å². The second-order valence-corrected chi connectivity index (χ2v) is 9.39. The van der Waals surface area contributed by atoms with E-state index >= 15 is 0 Å². The molecule has 9 heteroatoms. The largest absolute Gasteiger partial charge is 0.361 e. The van der Waals surface area contributed by atoms with E-state index in [4.69, 9.17) is 20.2 Å². The van der Waals surface area contributed by atoms with E-state index in [0.29, 0.717) is 24.0 Å². The maximum atomic E-state index is 6.28. The zero-order valence-electron chi connectivity index (χ0n) is 18.8. The Hall–Kier alpha value is -3.85. The first-order valence-electron chi connectivity index (χ1n) is 11.6. The quantitative estimate of drug-likeness (QED) is 0.426. The minimum atomic E-state index is -0.0897. The number of aromatic amines is 1. The van der Waals surface area contributed by atoms with Gasteiger partial charge in [0.2, 0.25) is 0 Å². The van der Waals surface area contributed by atoms with E-state index in [9.17, 15) is 0 Å². The Bertz CT molecular complexity index is 1540. The smallest absolute Gasteiger partial charge is 0.177 e. The Morgan fingerprint density at radius 1 is 1.21 bits per heavy atom. The predicted octanol–water partition coefficient (Wildman–Crippen LogP) is 3.22. The van der Waals surface area contributed by atoms with Gasteiger partial charge >= 0.3 is 0 Å². The molecular weight excluding hydrogens is 428 g/mol. The fourth-order valence-electron chi connectivity index (χ4n) is 5.99. The van der Waals surface area contributed by atoms with Gasteiger partial charge in [-0.15, -0.1) is 0 Å². The van der Waals surface area contributed by atoms with Gasteiger partial charge < -0.3 is 15.2 Å². The molecule has 5 aromatic rings. The molecule has 170 valence electrons. The molecule has 0 spiro atoms. The van der Waals surface area contributed by atoms with Crippen LogP contribution in [0.2, 0.25) is 0 Å². The van der Waals surface area contributed by atoms with Gasteiger partial charge in [0.15, 0.2) is 5.65 Å². The number of aryl methyl sites for hydroxylation is 1. The third-order valence-electron chi connectivity index (χ3n) is 7.76. The second-order valence-electron chi connectivity index (χ2n) is 9.39. The second kappa shape index (κ2) is 7.07. The zero-order chi connectivity index (χ0) is 22.9. The molecule has 5 heterocycles. The summed E-state index contributed by atoms with van der Waals surface area (Å²) in [4.78, 5) is 16.4. The molecule has 3 unspecified atom stereocenters. The molecule has 7 rings (SSSR count). The first kappa shape index (κ1) is 19.6. The molecule has 1 saturated heterocycles. The lowest BCUT2D eigenvalue weighted by atomic mass is 9.97. The summed E-state index contributed by atoms with van der Waals surface area (Å²) < 4.78 is 5.37. The minimum Gasteiger partial charge on any atom is -0.361 e. The van der Waals surface area contributed by atoms with Crippen LogP contribution in [0.4, 0.5) is 5.82 Å². The third kappa shape index (κ3) is 2.67. The summed E-state index contributed by atoms with van der Waals surface area (Å²) in [6.07, 6.45) is 4.71. The number of piperidine rings is 1. The number of pyridine rings is 1. The highest BCUT2D eigenvalue weighted by molar-refractivity contribution is 5.99.